The SMILES string of the molecule is CCNC(=NCC(=O)NCCc1ccccc1)NC1CCCC(S(=O)CC)C1. The summed E-state index contributed by atoms with van der Waals surface area (Å²) in [7, 11) is -0.748. The lowest BCUT2D eigenvalue weighted by Gasteiger charge is -2.30. The Morgan fingerprint density at radius 3 is 2.68 bits per heavy atom. The molecule has 0 heterocycles. The predicted molar refractivity (Wildman–Crippen MR) is 117 cm³/mol. The summed E-state index contributed by atoms with van der Waals surface area (Å²) in [6.45, 7) is 5.43. The van der Waals surface area contributed by atoms with Gasteiger partial charge in [0.15, 0.2) is 5.96 Å². The van der Waals surface area contributed by atoms with Crippen LogP contribution in [0.4, 0.5) is 0 Å². The molecule has 0 radical (unpaired) electrons. The van der Waals surface area contributed by atoms with Gasteiger partial charge in [0.25, 0.3) is 0 Å². The van der Waals surface area contributed by atoms with Gasteiger partial charge in [-0.3, -0.25) is 9.00 Å². The molecule has 3 unspecified atom stereocenters. The molecular weight excluding hydrogens is 372 g/mol. The van der Waals surface area contributed by atoms with Gasteiger partial charge in [0.1, 0.15) is 6.54 Å². The van der Waals surface area contributed by atoms with Gasteiger partial charge in [0.2, 0.25) is 5.91 Å². The summed E-state index contributed by atoms with van der Waals surface area (Å²) < 4.78 is 12.1. The number of benzene rings is 1. The Labute approximate surface area is 171 Å². The van der Waals surface area contributed by atoms with Crippen LogP contribution in [0.2, 0.25) is 0 Å². The molecule has 7 heteroatoms. The molecule has 28 heavy (non-hydrogen) atoms. The summed E-state index contributed by atoms with van der Waals surface area (Å²) in [5.74, 6) is 1.30. The number of nitrogens with one attached hydrogen (secondary N) is 3. The highest BCUT2D eigenvalue weighted by Crippen LogP contribution is 2.22. The maximum absolute atomic E-state index is 12.1. The molecule has 2 rings (SSSR count). The molecular formula is C21H34N4O2S. The van der Waals surface area contributed by atoms with E-state index in [9.17, 15) is 9.00 Å². The second kappa shape index (κ2) is 12.5. The maximum atomic E-state index is 12.1. The van der Waals surface area contributed by atoms with Crippen molar-refractivity contribution in [1.29, 1.82) is 0 Å². The third-order valence-electron chi connectivity index (χ3n) is 4.93. The topological polar surface area (TPSA) is 82.6 Å². The largest absolute Gasteiger partial charge is 0.357 e. The van der Waals surface area contributed by atoms with E-state index in [-0.39, 0.29) is 23.7 Å². The Morgan fingerprint density at radius 1 is 1.18 bits per heavy atom. The maximum Gasteiger partial charge on any atom is 0.241 e. The molecule has 1 aromatic carbocycles. The van der Waals surface area contributed by atoms with Crippen LogP contribution in [0.1, 0.15) is 45.1 Å². The third kappa shape index (κ3) is 8.00. The van der Waals surface area contributed by atoms with Crippen molar-refractivity contribution < 1.29 is 9.00 Å². The second-order valence-corrected chi connectivity index (χ2v) is 9.09. The van der Waals surface area contributed by atoms with Gasteiger partial charge in [-0.05, 0) is 38.2 Å². The smallest absolute Gasteiger partial charge is 0.241 e. The summed E-state index contributed by atoms with van der Waals surface area (Å²) in [6.07, 6.45) is 4.87. The molecule has 0 aromatic heterocycles. The zero-order valence-corrected chi connectivity index (χ0v) is 17.9. The quantitative estimate of drug-likeness (QED) is 0.433. The monoisotopic (exact) mass is 406 g/mol. The first-order chi connectivity index (χ1) is 13.6. The fourth-order valence-corrected chi connectivity index (χ4v) is 4.81. The molecule has 1 aromatic rings. The number of guanidine groups is 1. The highest BCUT2D eigenvalue weighted by atomic mass is 32.2. The van der Waals surface area contributed by atoms with Gasteiger partial charge in [0.05, 0.1) is 0 Å². The highest BCUT2D eigenvalue weighted by Gasteiger charge is 2.26. The minimum Gasteiger partial charge on any atom is -0.357 e. The standard InChI is InChI=1S/C21H34N4O2S/c1-3-22-21(25-18-11-8-12-19(15-18)28(27)4-2)24-16-20(26)23-14-13-17-9-6-5-7-10-17/h5-7,9-10,18-19H,3-4,8,11-16H2,1-2H3,(H,23,26)(H2,22,24,25). The van der Waals surface area contributed by atoms with E-state index in [1.165, 1.54) is 5.56 Å². The number of nitrogens with zero attached hydrogens (tertiary/aromatic N) is 1. The molecule has 3 atom stereocenters. The van der Waals surface area contributed by atoms with Crippen molar-refractivity contribution in [2.24, 2.45) is 4.99 Å². The molecule has 1 fully saturated rings. The summed E-state index contributed by atoms with van der Waals surface area (Å²) in [5, 5.41) is 9.82. The van der Waals surface area contributed by atoms with Crippen LogP contribution < -0.4 is 16.0 Å². The summed E-state index contributed by atoms with van der Waals surface area (Å²) in [6, 6.07) is 10.4. The Bertz CT molecular complexity index is 651. The minimum absolute atomic E-state index is 0.0817. The molecule has 1 aliphatic rings. The van der Waals surface area contributed by atoms with Crippen molar-refractivity contribution in [3.8, 4) is 0 Å². The van der Waals surface area contributed by atoms with Gasteiger partial charge >= 0.3 is 0 Å². The number of rotatable bonds is 9. The van der Waals surface area contributed by atoms with Crippen molar-refractivity contribution in [3.63, 3.8) is 0 Å². The van der Waals surface area contributed by atoms with Crippen LogP contribution >= 0.6 is 0 Å². The number of hydrogen-bond donors (Lipinski definition) is 3. The zero-order valence-electron chi connectivity index (χ0n) is 17.1. The van der Waals surface area contributed by atoms with E-state index in [4.69, 9.17) is 0 Å². The van der Waals surface area contributed by atoms with Crippen LogP contribution in [0.25, 0.3) is 0 Å². The van der Waals surface area contributed by atoms with Gasteiger partial charge in [-0.1, -0.05) is 43.7 Å². The third-order valence-corrected chi connectivity index (χ3v) is 6.67. The van der Waals surface area contributed by atoms with E-state index in [1.54, 1.807) is 0 Å². The Morgan fingerprint density at radius 2 is 1.96 bits per heavy atom. The van der Waals surface area contributed by atoms with Gasteiger partial charge in [-0.25, -0.2) is 4.99 Å². The first-order valence-electron chi connectivity index (χ1n) is 10.3. The molecule has 0 saturated heterocycles. The summed E-state index contributed by atoms with van der Waals surface area (Å²) in [5.41, 5.74) is 1.21. The lowest BCUT2D eigenvalue weighted by Crippen LogP contribution is -2.47. The fourth-order valence-electron chi connectivity index (χ4n) is 3.46. The Balaban J connectivity index is 1.78. The van der Waals surface area contributed by atoms with E-state index >= 15 is 0 Å². The van der Waals surface area contributed by atoms with Gasteiger partial charge in [-0.2, -0.15) is 0 Å². The average molecular weight is 407 g/mol. The van der Waals surface area contributed by atoms with Crippen LogP contribution in [-0.4, -0.2) is 52.8 Å². The molecule has 1 amide bonds. The lowest BCUT2D eigenvalue weighted by atomic mass is 9.95. The van der Waals surface area contributed by atoms with Gasteiger partial charge in [-0.15, -0.1) is 0 Å². The zero-order chi connectivity index (χ0) is 20.2. The first-order valence-corrected chi connectivity index (χ1v) is 11.7. The van der Waals surface area contributed by atoms with Crippen molar-refractivity contribution in [2.75, 3.05) is 25.4 Å². The average Bonchev–Trinajstić information content (AvgIpc) is 2.72. The number of carbonyl (C=O) groups excluding carboxylic acids is 1. The van der Waals surface area contributed by atoms with Gasteiger partial charge in [0, 0.05) is 40.9 Å². The van der Waals surface area contributed by atoms with Crippen molar-refractivity contribution in [2.45, 2.75) is 57.2 Å². The van der Waals surface area contributed by atoms with E-state index in [1.807, 2.05) is 32.0 Å². The van der Waals surface area contributed by atoms with Crippen LogP contribution in [0.15, 0.2) is 35.3 Å². The van der Waals surface area contributed by atoms with Crippen LogP contribution in [0.3, 0.4) is 0 Å². The van der Waals surface area contributed by atoms with Crippen LogP contribution in [-0.2, 0) is 22.0 Å². The summed E-state index contributed by atoms with van der Waals surface area (Å²) >= 11 is 0. The molecule has 0 spiro atoms. The molecule has 156 valence electrons. The van der Waals surface area contributed by atoms with Gasteiger partial charge < -0.3 is 16.0 Å². The van der Waals surface area contributed by atoms with E-state index in [0.717, 1.165) is 38.6 Å². The normalized spacial score (nSPS) is 21.0. The molecule has 1 aliphatic carbocycles. The molecule has 0 aliphatic heterocycles. The molecule has 1 saturated carbocycles. The van der Waals surface area contributed by atoms with Crippen LogP contribution in [0.5, 0.6) is 0 Å². The number of aliphatic imine (C=N–C) groups is 1. The lowest BCUT2D eigenvalue weighted by molar-refractivity contribution is -0.119. The van der Waals surface area contributed by atoms with E-state index < -0.39 is 10.8 Å². The Hall–Kier alpha value is -1.89. The van der Waals surface area contributed by atoms with Crippen molar-refractivity contribution in [1.82, 2.24) is 16.0 Å². The van der Waals surface area contributed by atoms with Crippen LogP contribution in [0, 0.1) is 0 Å². The fraction of sp³-hybridized carbons (Fsp3) is 0.619. The molecule has 0 bridgehead atoms. The first kappa shape index (κ1) is 22.4. The molecule has 6 nitrogen and oxygen atoms in total. The van der Waals surface area contributed by atoms with E-state index in [0.29, 0.717) is 18.3 Å². The number of carbonyl (C=O) groups is 1. The minimum atomic E-state index is -0.748. The summed E-state index contributed by atoms with van der Waals surface area (Å²) in [4.78, 5) is 16.5. The van der Waals surface area contributed by atoms with Crippen molar-refractivity contribution in [3.05, 3.63) is 35.9 Å². The van der Waals surface area contributed by atoms with E-state index in [2.05, 4.69) is 33.1 Å². The Kier molecular flexibility index (Phi) is 10.0. The van der Waals surface area contributed by atoms with Crippen molar-refractivity contribution >= 4 is 22.7 Å². The number of hydrogen-bond acceptors (Lipinski definition) is 3. The molecule has 3 N–H and O–H groups in total. The highest BCUT2D eigenvalue weighted by molar-refractivity contribution is 7.85. The second-order valence-electron chi connectivity index (χ2n) is 7.08. The predicted octanol–water partition coefficient (Wildman–Crippen LogP) is 1.98. The number of amides is 1.